The summed E-state index contributed by atoms with van der Waals surface area (Å²) in [5, 5.41) is 11.7. The summed E-state index contributed by atoms with van der Waals surface area (Å²) >= 11 is 0. The van der Waals surface area contributed by atoms with Crippen molar-refractivity contribution in [3.05, 3.63) is 114 Å². The third-order valence-corrected chi connectivity index (χ3v) is 13.9. The highest BCUT2D eigenvalue weighted by molar-refractivity contribution is 6.99. The van der Waals surface area contributed by atoms with Crippen molar-refractivity contribution < 1.29 is 13.9 Å². The molecule has 0 spiro atoms. The minimum absolute atomic E-state index is 0.0816. The van der Waals surface area contributed by atoms with Crippen LogP contribution in [0.15, 0.2) is 108 Å². The first-order chi connectivity index (χ1) is 21.5. The van der Waals surface area contributed by atoms with Crippen LogP contribution in [0.2, 0.25) is 5.04 Å². The van der Waals surface area contributed by atoms with Gasteiger partial charge >= 0.3 is 0 Å². The highest BCUT2D eigenvalue weighted by Crippen LogP contribution is 2.39. The van der Waals surface area contributed by atoms with E-state index in [2.05, 4.69) is 134 Å². The number of nitriles is 1. The summed E-state index contributed by atoms with van der Waals surface area (Å²) < 4.78 is 19.6. The smallest absolute Gasteiger partial charge is 0.261 e. The normalized spacial score (nSPS) is 15.6. The first kappa shape index (κ1) is 36.0. The maximum absolute atomic E-state index is 9.32. The SMILES string of the molecule is C/C=C(\C)[C@H](O[Si](c1ccccc1)(c1ccccc1)C(C)(C)C)[C@@H](C)/C=C(\C)[C@@H](OCc1ccc(OC)cc1)[C@@H](C)CCC#N. The molecule has 0 aliphatic carbocycles. The highest BCUT2D eigenvalue weighted by atomic mass is 28.4. The van der Waals surface area contributed by atoms with E-state index in [0.717, 1.165) is 17.7 Å². The van der Waals surface area contributed by atoms with Crippen LogP contribution in [0.4, 0.5) is 0 Å². The number of benzene rings is 3. The van der Waals surface area contributed by atoms with Crippen molar-refractivity contribution in [1.82, 2.24) is 0 Å². The van der Waals surface area contributed by atoms with Crippen molar-refractivity contribution in [2.75, 3.05) is 7.11 Å². The van der Waals surface area contributed by atoms with Crippen LogP contribution < -0.4 is 15.1 Å². The van der Waals surface area contributed by atoms with Crippen molar-refractivity contribution in [2.24, 2.45) is 11.8 Å². The van der Waals surface area contributed by atoms with Crippen LogP contribution in [0.5, 0.6) is 5.75 Å². The van der Waals surface area contributed by atoms with Crippen LogP contribution in [0.25, 0.3) is 0 Å². The van der Waals surface area contributed by atoms with Crippen LogP contribution in [-0.2, 0) is 15.8 Å². The van der Waals surface area contributed by atoms with Crippen molar-refractivity contribution in [1.29, 1.82) is 5.26 Å². The zero-order valence-electron chi connectivity index (χ0n) is 28.8. The molecule has 4 atom stereocenters. The zero-order chi connectivity index (χ0) is 33.0. The van der Waals surface area contributed by atoms with E-state index in [1.54, 1.807) is 7.11 Å². The predicted octanol–water partition coefficient (Wildman–Crippen LogP) is 9.01. The van der Waals surface area contributed by atoms with Gasteiger partial charge in [-0.2, -0.15) is 5.26 Å². The Morgan fingerprint density at radius 2 is 1.40 bits per heavy atom. The molecule has 0 bridgehead atoms. The quantitative estimate of drug-likeness (QED) is 0.125. The average molecular weight is 624 g/mol. The second-order valence-electron chi connectivity index (χ2n) is 13.3. The van der Waals surface area contributed by atoms with E-state index in [-0.39, 0.29) is 29.1 Å². The van der Waals surface area contributed by atoms with Gasteiger partial charge in [0.25, 0.3) is 8.32 Å². The summed E-state index contributed by atoms with van der Waals surface area (Å²) in [5.41, 5.74) is 3.47. The summed E-state index contributed by atoms with van der Waals surface area (Å²) in [7, 11) is -1.11. The summed E-state index contributed by atoms with van der Waals surface area (Å²) in [6, 6.07) is 32.0. The van der Waals surface area contributed by atoms with Gasteiger partial charge in [0.2, 0.25) is 0 Å². The lowest BCUT2D eigenvalue weighted by atomic mass is 9.89. The van der Waals surface area contributed by atoms with Crippen molar-refractivity contribution in [3.63, 3.8) is 0 Å². The predicted molar refractivity (Wildman–Crippen MR) is 190 cm³/mol. The fourth-order valence-corrected chi connectivity index (χ4v) is 11.1. The monoisotopic (exact) mass is 623 g/mol. The molecule has 5 heteroatoms. The number of ether oxygens (including phenoxy) is 2. The fraction of sp³-hybridized carbons (Fsp3) is 0.425. The Morgan fingerprint density at radius 1 is 0.844 bits per heavy atom. The van der Waals surface area contributed by atoms with Gasteiger partial charge in [0, 0.05) is 12.3 Å². The lowest BCUT2D eigenvalue weighted by Gasteiger charge is -2.46. The molecule has 0 aliphatic heterocycles. The Bertz CT molecular complexity index is 1380. The van der Waals surface area contributed by atoms with Crippen LogP contribution in [0.3, 0.4) is 0 Å². The van der Waals surface area contributed by atoms with Gasteiger partial charge in [0.05, 0.1) is 32.0 Å². The minimum atomic E-state index is -2.79. The zero-order valence-corrected chi connectivity index (χ0v) is 29.8. The summed E-state index contributed by atoms with van der Waals surface area (Å²) in [6.45, 7) is 18.4. The third kappa shape index (κ3) is 9.07. The topological polar surface area (TPSA) is 51.5 Å². The maximum Gasteiger partial charge on any atom is 0.261 e. The average Bonchev–Trinajstić information content (AvgIpc) is 3.04. The van der Waals surface area contributed by atoms with Gasteiger partial charge in [-0.25, -0.2) is 0 Å². The van der Waals surface area contributed by atoms with E-state index in [9.17, 15) is 5.26 Å². The Hall–Kier alpha value is -3.43. The molecule has 0 radical (unpaired) electrons. The molecule has 0 saturated heterocycles. The van der Waals surface area contributed by atoms with Gasteiger partial charge in [-0.15, -0.1) is 0 Å². The summed E-state index contributed by atoms with van der Waals surface area (Å²) in [4.78, 5) is 0. The number of rotatable bonds is 15. The van der Waals surface area contributed by atoms with Crippen LogP contribution >= 0.6 is 0 Å². The summed E-state index contributed by atoms with van der Waals surface area (Å²) in [5.74, 6) is 1.09. The van der Waals surface area contributed by atoms with Gasteiger partial charge < -0.3 is 13.9 Å². The van der Waals surface area contributed by atoms with Crippen LogP contribution in [-0.4, -0.2) is 27.6 Å². The van der Waals surface area contributed by atoms with Crippen molar-refractivity contribution in [3.8, 4) is 11.8 Å². The molecule has 3 aromatic rings. The molecule has 3 aromatic carbocycles. The molecular formula is C40H53NO3Si. The molecule has 45 heavy (non-hydrogen) atoms. The molecule has 0 N–H and O–H groups in total. The second-order valence-corrected chi connectivity index (χ2v) is 17.5. The van der Waals surface area contributed by atoms with Crippen molar-refractivity contribution >= 4 is 18.7 Å². The molecule has 0 aliphatic rings. The third-order valence-electron chi connectivity index (χ3n) is 8.89. The largest absolute Gasteiger partial charge is 0.497 e. The highest BCUT2D eigenvalue weighted by Gasteiger charge is 2.52. The number of allylic oxidation sites excluding steroid dienone is 1. The van der Waals surface area contributed by atoms with E-state index >= 15 is 0 Å². The van der Waals surface area contributed by atoms with E-state index in [1.165, 1.54) is 21.5 Å². The molecule has 0 heterocycles. The van der Waals surface area contributed by atoms with E-state index in [0.29, 0.717) is 13.0 Å². The standard InChI is InChI=1S/C40H53NO3Si/c1-10-30(2)39(44-45(40(6,7)8,36-19-13-11-14-20-36)37-21-15-12-16-22-37)33(5)28-32(4)38(31(3)18-17-27-41)43-29-34-23-25-35(42-9)26-24-34/h10-16,19-26,28,31,33,38-39H,17-18,29H2,1-9H3/b30-10+,32-28+/t31-,33-,38-,39-/m0/s1. The molecule has 4 nitrogen and oxygen atoms in total. The molecule has 3 rings (SSSR count). The van der Waals surface area contributed by atoms with Crippen molar-refractivity contribution in [2.45, 2.75) is 92.1 Å². The number of hydrogen-bond donors (Lipinski definition) is 0. The van der Waals surface area contributed by atoms with E-state index < -0.39 is 8.32 Å². The molecule has 0 fully saturated rings. The van der Waals surface area contributed by atoms with E-state index in [4.69, 9.17) is 13.9 Å². The molecule has 240 valence electrons. The second kappa shape index (κ2) is 16.8. The Balaban J connectivity index is 2.04. The number of nitrogens with zero attached hydrogens (tertiary/aromatic N) is 1. The molecule has 0 aromatic heterocycles. The molecule has 0 amide bonds. The first-order valence-corrected chi connectivity index (χ1v) is 18.1. The lowest BCUT2D eigenvalue weighted by molar-refractivity contribution is 0.0274. The molecule has 0 saturated carbocycles. The molecule has 0 unspecified atom stereocenters. The van der Waals surface area contributed by atoms with Crippen LogP contribution in [0, 0.1) is 23.2 Å². The van der Waals surface area contributed by atoms with Gasteiger partial charge in [0.15, 0.2) is 0 Å². The van der Waals surface area contributed by atoms with Gasteiger partial charge in [-0.1, -0.05) is 120 Å². The Morgan fingerprint density at radius 3 is 1.87 bits per heavy atom. The number of methoxy groups -OCH3 is 1. The van der Waals surface area contributed by atoms with Gasteiger partial charge in [0.1, 0.15) is 5.75 Å². The molecular weight excluding hydrogens is 571 g/mol. The van der Waals surface area contributed by atoms with Gasteiger partial charge in [-0.05, 0) is 77.4 Å². The number of hydrogen-bond acceptors (Lipinski definition) is 4. The minimum Gasteiger partial charge on any atom is -0.497 e. The van der Waals surface area contributed by atoms with E-state index in [1.807, 2.05) is 24.3 Å². The fourth-order valence-electron chi connectivity index (χ4n) is 6.35. The Kier molecular flexibility index (Phi) is 13.4. The lowest BCUT2D eigenvalue weighted by Crippen LogP contribution is -2.68. The first-order valence-electron chi connectivity index (χ1n) is 16.2. The Labute approximate surface area is 273 Å². The summed E-state index contributed by atoms with van der Waals surface area (Å²) in [6.07, 6.45) is 5.56. The van der Waals surface area contributed by atoms with Gasteiger partial charge in [-0.3, -0.25) is 0 Å². The maximum atomic E-state index is 9.32. The van der Waals surface area contributed by atoms with Crippen LogP contribution in [0.1, 0.15) is 73.8 Å².